The van der Waals surface area contributed by atoms with E-state index in [1.807, 2.05) is 12.1 Å². The number of nitrogens with zero attached hydrogens (tertiary/aromatic N) is 3. The zero-order chi connectivity index (χ0) is 23.1. The maximum Gasteiger partial charge on any atom is 0.251 e. The molecule has 6 rings (SSSR count). The van der Waals surface area contributed by atoms with Crippen LogP contribution in [0.25, 0.3) is 11.1 Å². The fourth-order valence-electron chi connectivity index (χ4n) is 5.16. The van der Waals surface area contributed by atoms with E-state index in [0.29, 0.717) is 35.1 Å². The lowest BCUT2D eigenvalue weighted by molar-refractivity contribution is 0.0642. The second-order valence-corrected chi connectivity index (χ2v) is 9.62. The van der Waals surface area contributed by atoms with E-state index in [0.717, 1.165) is 51.1 Å². The van der Waals surface area contributed by atoms with Crippen molar-refractivity contribution in [2.45, 2.75) is 31.1 Å². The number of hydrogen-bond acceptors (Lipinski definition) is 5. The summed E-state index contributed by atoms with van der Waals surface area (Å²) in [7, 11) is 0. The van der Waals surface area contributed by atoms with Gasteiger partial charge in [-0.1, -0.05) is 24.3 Å². The molecule has 0 radical (unpaired) electrons. The first-order valence-electron chi connectivity index (χ1n) is 12.0. The Morgan fingerprint density at radius 2 is 1.88 bits per heavy atom. The third kappa shape index (κ3) is 3.84. The Balaban J connectivity index is 1.24. The second kappa shape index (κ2) is 8.47. The summed E-state index contributed by atoms with van der Waals surface area (Å²) in [6.45, 7) is 3.01. The molecular weight excluding hydrogens is 431 g/mol. The number of amides is 1. The summed E-state index contributed by atoms with van der Waals surface area (Å²) in [5.41, 5.74) is 4.16. The van der Waals surface area contributed by atoms with Crippen LogP contribution >= 0.6 is 0 Å². The number of fused-ring (bicyclic) bond motifs is 2. The maximum absolute atomic E-state index is 14.2. The molecule has 174 valence electrons. The lowest BCUT2D eigenvalue weighted by Crippen LogP contribution is -2.32. The van der Waals surface area contributed by atoms with E-state index in [4.69, 9.17) is 4.74 Å². The molecule has 6 nitrogen and oxygen atoms in total. The van der Waals surface area contributed by atoms with Crippen LogP contribution in [0.2, 0.25) is 0 Å². The Morgan fingerprint density at radius 3 is 2.62 bits per heavy atom. The summed E-state index contributed by atoms with van der Waals surface area (Å²) in [6, 6.07) is 12.6. The van der Waals surface area contributed by atoms with Gasteiger partial charge in [0.15, 0.2) is 0 Å². The average Bonchev–Trinajstić information content (AvgIpc) is 3.60. The zero-order valence-electron chi connectivity index (χ0n) is 19.0. The summed E-state index contributed by atoms with van der Waals surface area (Å²) in [4.78, 5) is 24.2. The molecule has 2 fully saturated rings. The topological polar surface area (TPSA) is 67.3 Å². The fraction of sp³-hybridized carbons (Fsp3) is 0.370. The molecule has 1 N–H and O–H groups in total. The lowest BCUT2D eigenvalue weighted by atomic mass is 9.97. The van der Waals surface area contributed by atoms with Gasteiger partial charge in [0.25, 0.3) is 5.91 Å². The molecule has 1 amide bonds. The lowest BCUT2D eigenvalue weighted by Gasteiger charge is -2.22. The number of hydrogen-bond donors (Lipinski definition) is 1. The molecule has 1 spiro atoms. The molecule has 34 heavy (non-hydrogen) atoms. The van der Waals surface area contributed by atoms with Gasteiger partial charge in [-0.05, 0) is 55.4 Å². The van der Waals surface area contributed by atoms with Crippen LogP contribution in [0.5, 0.6) is 0 Å². The minimum Gasteiger partial charge on any atom is -0.381 e. The van der Waals surface area contributed by atoms with Crippen molar-refractivity contribution in [2.24, 2.45) is 5.92 Å². The van der Waals surface area contributed by atoms with Crippen LogP contribution in [0, 0.1) is 11.7 Å². The first kappa shape index (κ1) is 21.2. The summed E-state index contributed by atoms with van der Waals surface area (Å²) >= 11 is 0. The number of benzene rings is 2. The third-order valence-corrected chi connectivity index (χ3v) is 7.39. The van der Waals surface area contributed by atoms with Crippen molar-refractivity contribution in [2.75, 3.05) is 31.2 Å². The Bertz CT molecular complexity index is 1220. The predicted molar refractivity (Wildman–Crippen MR) is 128 cm³/mol. The molecule has 3 heterocycles. The standard InChI is InChI=1S/C27H27FN4O2/c28-23-4-2-1-3-21(23)20-15-30-26(31-16-20)32-17-27(9-10-27)22-6-5-19(13-24(22)32)25(33)29-14-18-7-11-34-12-8-18/h1-6,13,15-16,18H,7-12,14,17H2,(H,29,33). The van der Waals surface area contributed by atoms with E-state index >= 15 is 0 Å². The monoisotopic (exact) mass is 458 g/mol. The van der Waals surface area contributed by atoms with E-state index in [-0.39, 0.29) is 17.1 Å². The van der Waals surface area contributed by atoms with Gasteiger partial charge in [0, 0.05) is 66.5 Å². The molecule has 1 saturated heterocycles. The van der Waals surface area contributed by atoms with Crippen LogP contribution in [-0.2, 0) is 10.2 Å². The highest BCUT2D eigenvalue weighted by atomic mass is 19.1. The molecule has 1 saturated carbocycles. The van der Waals surface area contributed by atoms with Crippen molar-refractivity contribution in [3.8, 4) is 11.1 Å². The first-order chi connectivity index (χ1) is 16.6. The normalized spacial score (nSPS) is 18.7. The molecule has 2 aromatic carbocycles. The van der Waals surface area contributed by atoms with E-state index < -0.39 is 0 Å². The van der Waals surface area contributed by atoms with Crippen molar-refractivity contribution in [1.82, 2.24) is 15.3 Å². The van der Waals surface area contributed by atoms with Crippen LogP contribution in [0.15, 0.2) is 54.9 Å². The molecule has 0 atom stereocenters. The molecule has 1 aliphatic carbocycles. The minimum atomic E-state index is -0.293. The molecule has 3 aliphatic rings. The van der Waals surface area contributed by atoms with Gasteiger partial charge in [-0.15, -0.1) is 0 Å². The fourth-order valence-corrected chi connectivity index (χ4v) is 5.16. The third-order valence-electron chi connectivity index (χ3n) is 7.39. The molecule has 7 heteroatoms. The molecular formula is C27H27FN4O2. The van der Waals surface area contributed by atoms with Crippen LogP contribution in [-0.4, -0.2) is 42.2 Å². The zero-order valence-corrected chi connectivity index (χ0v) is 19.0. The summed E-state index contributed by atoms with van der Waals surface area (Å²) < 4.78 is 19.6. The molecule has 1 aromatic heterocycles. The molecule has 3 aromatic rings. The number of aromatic nitrogens is 2. The summed E-state index contributed by atoms with van der Waals surface area (Å²) in [6.07, 6.45) is 7.56. The Morgan fingerprint density at radius 1 is 1.12 bits per heavy atom. The second-order valence-electron chi connectivity index (χ2n) is 9.62. The Labute approximate surface area is 198 Å². The number of carbonyl (C=O) groups excluding carboxylic acids is 1. The van der Waals surface area contributed by atoms with Crippen molar-refractivity contribution in [1.29, 1.82) is 0 Å². The number of rotatable bonds is 5. The molecule has 0 bridgehead atoms. The number of carbonyl (C=O) groups is 1. The van der Waals surface area contributed by atoms with Gasteiger partial charge in [-0.3, -0.25) is 4.79 Å². The number of anilines is 2. The summed E-state index contributed by atoms with van der Waals surface area (Å²) in [5, 5.41) is 3.10. The van der Waals surface area contributed by atoms with E-state index in [1.54, 1.807) is 30.6 Å². The van der Waals surface area contributed by atoms with Crippen molar-refractivity contribution >= 4 is 17.5 Å². The van der Waals surface area contributed by atoms with Gasteiger partial charge in [-0.25, -0.2) is 14.4 Å². The van der Waals surface area contributed by atoms with Crippen LogP contribution in [0.1, 0.15) is 41.6 Å². The van der Waals surface area contributed by atoms with Crippen molar-refractivity contribution in [3.63, 3.8) is 0 Å². The Hall–Kier alpha value is -3.32. The Kier molecular flexibility index (Phi) is 5.29. The largest absolute Gasteiger partial charge is 0.381 e. The molecule has 2 aliphatic heterocycles. The van der Waals surface area contributed by atoms with E-state index in [9.17, 15) is 9.18 Å². The smallest absolute Gasteiger partial charge is 0.251 e. The van der Waals surface area contributed by atoms with E-state index in [2.05, 4.69) is 26.3 Å². The first-order valence-corrected chi connectivity index (χ1v) is 12.0. The van der Waals surface area contributed by atoms with Crippen molar-refractivity contribution < 1.29 is 13.9 Å². The number of ether oxygens (including phenoxy) is 1. The van der Waals surface area contributed by atoms with Gasteiger partial charge in [-0.2, -0.15) is 0 Å². The van der Waals surface area contributed by atoms with E-state index in [1.165, 1.54) is 11.6 Å². The average molecular weight is 459 g/mol. The van der Waals surface area contributed by atoms with Gasteiger partial charge >= 0.3 is 0 Å². The predicted octanol–water partition coefficient (Wildman–Crippen LogP) is 4.62. The molecule has 0 unspecified atom stereocenters. The highest BCUT2D eigenvalue weighted by molar-refractivity contribution is 5.96. The van der Waals surface area contributed by atoms with Gasteiger partial charge in [0.2, 0.25) is 5.95 Å². The highest BCUT2D eigenvalue weighted by Gasteiger charge is 2.52. The number of halogens is 1. The van der Waals surface area contributed by atoms with Crippen LogP contribution < -0.4 is 10.2 Å². The van der Waals surface area contributed by atoms with Gasteiger partial charge in [0.1, 0.15) is 5.82 Å². The van der Waals surface area contributed by atoms with Gasteiger partial charge < -0.3 is 15.0 Å². The van der Waals surface area contributed by atoms with Gasteiger partial charge in [0.05, 0.1) is 0 Å². The van der Waals surface area contributed by atoms with Crippen molar-refractivity contribution in [3.05, 3.63) is 71.8 Å². The quantitative estimate of drug-likeness (QED) is 0.604. The SMILES string of the molecule is O=C(NCC1CCOCC1)c1ccc2c(c1)N(c1ncc(-c3ccccc3F)cn1)CC21CC1. The van der Waals surface area contributed by atoms with Crippen LogP contribution in [0.3, 0.4) is 0 Å². The maximum atomic E-state index is 14.2. The minimum absolute atomic E-state index is 0.0539. The number of nitrogens with one attached hydrogen (secondary N) is 1. The summed E-state index contributed by atoms with van der Waals surface area (Å²) in [5.74, 6) is 0.699. The highest BCUT2D eigenvalue weighted by Crippen LogP contribution is 2.57. The van der Waals surface area contributed by atoms with Crippen LogP contribution in [0.4, 0.5) is 16.0 Å².